The molecule has 2 amide bonds. The number of hydrogen-bond acceptors (Lipinski definition) is 4. The summed E-state index contributed by atoms with van der Waals surface area (Å²) in [6, 6.07) is 19.7. The lowest BCUT2D eigenvalue weighted by Crippen LogP contribution is -2.51. The van der Waals surface area contributed by atoms with Gasteiger partial charge in [0.15, 0.2) is 0 Å². The lowest BCUT2D eigenvalue weighted by atomic mass is 10.1. The number of nitrogens with zero attached hydrogens (tertiary/aromatic N) is 2. The molecule has 3 rings (SSSR count). The predicted octanol–water partition coefficient (Wildman–Crippen LogP) is 4.71. The van der Waals surface area contributed by atoms with E-state index in [1.165, 1.54) is 30.1 Å². The molecule has 3 aromatic rings. The lowest BCUT2D eigenvalue weighted by Gasteiger charge is -2.33. The van der Waals surface area contributed by atoms with Crippen molar-refractivity contribution in [2.45, 2.75) is 44.7 Å². The van der Waals surface area contributed by atoms with Crippen LogP contribution in [0.25, 0.3) is 0 Å². The molecule has 1 atom stereocenters. The molecule has 0 unspecified atom stereocenters. The fourth-order valence-electron chi connectivity index (χ4n) is 4.18. The van der Waals surface area contributed by atoms with Crippen molar-refractivity contribution in [3.8, 4) is 0 Å². The van der Waals surface area contributed by atoms with Crippen LogP contribution in [0.2, 0.25) is 5.02 Å². The summed E-state index contributed by atoms with van der Waals surface area (Å²) in [5, 5.41) is 2.97. The summed E-state index contributed by atoms with van der Waals surface area (Å²) < 4.78 is 28.7. The van der Waals surface area contributed by atoms with Crippen molar-refractivity contribution in [3.63, 3.8) is 0 Å². The number of likely N-dealkylation sites (N-methyl/N-ethyl adjacent to an activating group) is 1. The van der Waals surface area contributed by atoms with E-state index in [0.717, 1.165) is 15.4 Å². The van der Waals surface area contributed by atoms with Crippen LogP contribution >= 0.6 is 11.6 Å². The molecule has 7 nitrogen and oxygen atoms in total. The van der Waals surface area contributed by atoms with Crippen molar-refractivity contribution in [2.75, 3.05) is 17.9 Å². The molecule has 3 aromatic carbocycles. The molecule has 0 saturated heterocycles. The van der Waals surface area contributed by atoms with Gasteiger partial charge in [-0.05, 0) is 55.7 Å². The van der Waals surface area contributed by atoms with E-state index in [0.29, 0.717) is 22.7 Å². The monoisotopic (exact) mass is 541 g/mol. The Labute approximate surface area is 224 Å². The van der Waals surface area contributed by atoms with Gasteiger partial charge in [0.25, 0.3) is 10.0 Å². The van der Waals surface area contributed by atoms with Gasteiger partial charge < -0.3 is 10.2 Å². The summed E-state index contributed by atoms with van der Waals surface area (Å²) in [6.07, 6.45) is 0.360. The highest BCUT2D eigenvalue weighted by molar-refractivity contribution is 7.92. The van der Waals surface area contributed by atoms with Gasteiger partial charge in [-0.15, -0.1) is 0 Å². The van der Waals surface area contributed by atoms with Crippen molar-refractivity contribution in [1.82, 2.24) is 10.2 Å². The molecular formula is C28H32ClN3O4S. The van der Waals surface area contributed by atoms with E-state index < -0.39 is 28.5 Å². The maximum atomic E-state index is 13.9. The molecule has 1 N–H and O–H groups in total. The molecular weight excluding hydrogens is 510 g/mol. The highest BCUT2D eigenvalue weighted by Gasteiger charge is 2.34. The number of anilines is 1. The first-order valence-electron chi connectivity index (χ1n) is 12.0. The standard InChI is InChI=1S/C28H32ClN3O4S/c1-5-25(28(34)30-4)31(18-22-11-9-10-20(2)16-22)27(33)19-32(26-17-23(29)15-14-21(26)3)37(35,36)24-12-7-6-8-13-24/h6-17,25H,5,18-19H2,1-4H3,(H,30,34)/t25-/m1/s1. The lowest BCUT2D eigenvalue weighted by molar-refractivity contribution is -0.140. The van der Waals surface area contributed by atoms with Gasteiger partial charge in [0, 0.05) is 18.6 Å². The molecule has 0 aromatic heterocycles. The average molecular weight is 542 g/mol. The van der Waals surface area contributed by atoms with E-state index in [4.69, 9.17) is 11.6 Å². The molecule has 196 valence electrons. The Bertz CT molecular complexity index is 1360. The summed E-state index contributed by atoms with van der Waals surface area (Å²) in [5.41, 5.74) is 2.79. The fraction of sp³-hybridized carbons (Fsp3) is 0.286. The molecule has 0 aliphatic heterocycles. The number of hydrogen-bond donors (Lipinski definition) is 1. The van der Waals surface area contributed by atoms with Crippen LogP contribution in [-0.4, -0.2) is 44.8 Å². The first kappa shape index (κ1) is 28.2. The van der Waals surface area contributed by atoms with Gasteiger partial charge in [0.2, 0.25) is 11.8 Å². The van der Waals surface area contributed by atoms with E-state index in [9.17, 15) is 18.0 Å². The second-order valence-electron chi connectivity index (χ2n) is 8.80. The summed E-state index contributed by atoms with van der Waals surface area (Å²) in [6.45, 7) is 5.17. The third kappa shape index (κ3) is 6.70. The minimum absolute atomic E-state index is 0.0470. The molecule has 0 saturated carbocycles. The van der Waals surface area contributed by atoms with Gasteiger partial charge in [-0.2, -0.15) is 0 Å². The van der Waals surface area contributed by atoms with Crippen molar-refractivity contribution in [3.05, 3.63) is 94.5 Å². The molecule has 0 aliphatic carbocycles. The number of carbonyl (C=O) groups excluding carboxylic acids is 2. The second kappa shape index (κ2) is 12.3. The van der Waals surface area contributed by atoms with Crippen molar-refractivity contribution >= 4 is 39.1 Å². The predicted molar refractivity (Wildman–Crippen MR) is 147 cm³/mol. The van der Waals surface area contributed by atoms with Crippen LogP contribution in [0.4, 0.5) is 5.69 Å². The number of aryl methyl sites for hydroxylation is 2. The number of halogens is 1. The van der Waals surface area contributed by atoms with Crippen LogP contribution in [0.15, 0.2) is 77.7 Å². The molecule has 0 fully saturated rings. The van der Waals surface area contributed by atoms with Crippen LogP contribution < -0.4 is 9.62 Å². The zero-order chi connectivity index (χ0) is 27.2. The van der Waals surface area contributed by atoms with E-state index in [1.807, 2.05) is 38.1 Å². The van der Waals surface area contributed by atoms with E-state index >= 15 is 0 Å². The Morgan fingerprint density at radius 1 is 0.973 bits per heavy atom. The van der Waals surface area contributed by atoms with Crippen LogP contribution in [0.1, 0.15) is 30.0 Å². The zero-order valence-electron chi connectivity index (χ0n) is 21.4. The van der Waals surface area contributed by atoms with Gasteiger partial charge in [-0.3, -0.25) is 13.9 Å². The summed E-state index contributed by atoms with van der Waals surface area (Å²) in [4.78, 5) is 28.2. The highest BCUT2D eigenvalue weighted by atomic mass is 35.5. The minimum atomic E-state index is -4.13. The average Bonchev–Trinajstić information content (AvgIpc) is 2.88. The Morgan fingerprint density at radius 2 is 1.68 bits per heavy atom. The minimum Gasteiger partial charge on any atom is -0.357 e. The van der Waals surface area contributed by atoms with Gasteiger partial charge in [-0.25, -0.2) is 8.42 Å². The van der Waals surface area contributed by atoms with E-state index in [1.54, 1.807) is 37.3 Å². The molecule has 0 bridgehead atoms. The molecule has 0 spiro atoms. The van der Waals surface area contributed by atoms with Gasteiger partial charge in [0.05, 0.1) is 10.6 Å². The fourth-order valence-corrected chi connectivity index (χ4v) is 5.84. The van der Waals surface area contributed by atoms with Gasteiger partial charge >= 0.3 is 0 Å². The normalized spacial score (nSPS) is 12.0. The quantitative estimate of drug-likeness (QED) is 0.403. The van der Waals surface area contributed by atoms with E-state index in [2.05, 4.69) is 5.32 Å². The van der Waals surface area contributed by atoms with Crippen LogP contribution in [-0.2, 0) is 26.2 Å². The summed E-state index contributed by atoms with van der Waals surface area (Å²) >= 11 is 6.24. The smallest absolute Gasteiger partial charge is 0.264 e. The molecule has 9 heteroatoms. The van der Waals surface area contributed by atoms with Crippen molar-refractivity contribution in [1.29, 1.82) is 0 Å². The first-order chi connectivity index (χ1) is 17.6. The number of rotatable bonds is 10. The van der Waals surface area contributed by atoms with E-state index in [-0.39, 0.29) is 17.3 Å². The van der Waals surface area contributed by atoms with Crippen LogP contribution in [0, 0.1) is 13.8 Å². The molecule has 0 radical (unpaired) electrons. The van der Waals surface area contributed by atoms with Gasteiger partial charge in [0.1, 0.15) is 12.6 Å². The summed E-state index contributed by atoms with van der Waals surface area (Å²) in [7, 11) is -2.62. The van der Waals surface area contributed by atoms with Crippen molar-refractivity contribution < 1.29 is 18.0 Å². The van der Waals surface area contributed by atoms with Crippen LogP contribution in [0.5, 0.6) is 0 Å². The number of sulfonamides is 1. The third-order valence-electron chi connectivity index (χ3n) is 6.12. The topological polar surface area (TPSA) is 86.8 Å². The number of amides is 2. The maximum Gasteiger partial charge on any atom is 0.264 e. The Hall–Kier alpha value is -3.36. The zero-order valence-corrected chi connectivity index (χ0v) is 23.0. The highest BCUT2D eigenvalue weighted by Crippen LogP contribution is 2.30. The Kier molecular flexibility index (Phi) is 9.34. The third-order valence-corrected chi connectivity index (χ3v) is 8.13. The second-order valence-corrected chi connectivity index (χ2v) is 11.1. The SMILES string of the molecule is CC[C@H](C(=O)NC)N(Cc1cccc(C)c1)C(=O)CN(c1cc(Cl)ccc1C)S(=O)(=O)c1ccccc1. The molecule has 0 heterocycles. The molecule has 37 heavy (non-hydrogen) atoms. The molecule has 0 aliphatic rings. The van der Waals surface area contributed by atoms with Crippen LogP contribution in [0.3, 0.4) is 0 Å². The van der Waals surface area contributed by atoms with Crippen molar-refractivity contribution in [2.24, 2.45) is 0 Å². The largest absolute Gasteiger partial charge is 0.357 e. The first-order valence-corrected chi connectivity index (χ1v) is 13.8. The number of nitrogens with one attached hydrogen (secondary N) is 1. The number of benzene rings is 3. The number of carbonyl (C=O) groups is 2. The summed E-state index contributed by atoms with van der Waals surface area (Å²) in [5.74, 6) is -0.823. The maximum absolute atomic E-state index is 13.9. The Balaban J connectivity index is 2.10. The van der Waals surface area contributed by atoms with Gasteiger partial charge in [-0.1, -0.05) is 72.6 Å². The Morgan fingerprint density at radius 3 is 2.30 bits per heavy atom.